The quantitative estimate of drug-likeness (QED) is 0.616. The number of aliphatic hydroxyl groups excluding tert-OH is 1. The first-order chi connectivity index (χ1) is 12.2. The van der Waals surface area contributed by atoms with Gasteiger partial charge in [0.2, 0.25) is 0 Å². The fraction of sp³-hybridized carbons (Fsp3) is 0.368. The lowest BCUT2D eigenvalue weighted by Gasteiger charge is -2.13. The standard InChI is InChI=1S/C19H23N3O3/c1-13-16(20-9-8-18(13)25-11-5-10-24-2)12-17(23)19-21-14-6-3-4-7-15(14)22-19/h3-4,6-9,17,23H,5,10-12H2,1-2H3,(H,21,22)/t17-/m0/s1. The van der Waals surface area contributed by atoms with Crippen LogP contribution >= 0.6 is 0 Å². The van der Waals surface area contributed by atoms with E-state index in [-0.39, 0.29) is 0 Å². The number of H-pyrrole nitrogens is 1. The number of aromatic nitrogens is 3. The number of nitrogens with one attached hydrogen (secondary N) is 1. The highest BCUT2D eigenvalue weighted by Gasteiger charge is 2.16. The maximum atomic E-state index is 10.5. The minimum absolute atomic E-state index is 0.376. The van der Waals surface area contributed by atoms with Crippen molar-refractivity contribution in [3.8, 4) is 5.75 Å². The number of methoxy groups -OCH3 is 1. The molecule has 0 aliphatic rings. The van der Waals surface area contributed by atoms with E-state index in [0.717, 1.165) is 34.5 Å². The number of rotatable bonds is 8. The smallest absolute Gasteiger partial charge is 0.136 e. The van der Waals surface area contributed by atoms with Crippen LogP contribution in [0.5, 0.6) is 5.75 Å². The summed E-state index contributed by atoms with van der Waals surface area (Å²) in [6.07, 6.45) is 2.16. The summed E-state index contributed by atoms with van der Waals surface area (Å²) in [6.45, 7) is 3.21. The van der Waals surface area contributed by atoms with Gasteiger partial charge in [0.15, 0.2) is 0 Å². The fourth-order valence-corrected chi connectivity index (χ4v) is 2.72. The van der Waals surface area contributed by atoms with Gasteiger partial charge in [-0.25, -0.2) is 4.98 Å². The Hall–Kier alpha value is -2.44. The molecule has 0 aliphatic heterocycles. The van der Waals surface area contributed by atoms with Crippen LogP contribution in [0.3, 0.4) is 0 Å². The van der Waals surface area contributed by atoms with Crippen LogP contribution in [0.1, 0.15) is 29.6 Å². The summed E-state index contributed by atoms with van der Waals surface area (Å²) < 4.78 is 10.8. The van der Waals surface area contributed by atoms with Crippen molar-refractivity contribution >= 4 is 11.0 Å². The van der Waals surface area contributed by atoms with Gasteiger partial charge in [-0.15, -0.1) is 0 Å². The number of para-hydroxylation sites is 2. The summed E-state index contributed by atoms with van der Waals surface area (Å²) in [5.74, 6) is 1.34. The number of benzene rings is 1. The highest BCUT2D eigenvalue weighted by molar-refractivity contribution is 5.74. The average Bonchev–Trinajstić information content (AvgIpc) is 3.06. The molecule has 0 saturated heterocycles. The van der Waals surface area contributed by atoms with Crippen molar-refractivity contribution in [1.82, 2.24) is 15.0 Å². The minimum atomic E-state index is -0.748. The lowest BCUT2D eigenvalue weighted by atomic mass is 10.1. The van der Waals surface area contributed by atoms with Crippen molar-refractivity contribution < 1.29 is 14.6 Å². The van der Waals surface area contributed by atoms with E-state index in [1.54, 1.807) is 13.3 Å². The van der Waals surface area contributed by atoms with Crippen LogP contribution in [0.25, 0.3) is 11.0 Å². The second-order valence-electron chi connectivity index (χ2n) is 5.93. The molecule has 2 heterocycles. The topological polar surface area (TPSA) is 80.3 Å². The largest absolute Gasteiger partial charge is 0.493 e. The SMILES string of the molecule is COCCCOc1ccnc(C[C@H](O)c2nc3ccccc3[nH]2)c1C. The lowest BCUT2D eigenvalue weighted by molar-refractivity contribution is 0.167. The van der Waals surface area contributed by atoms with E-state index in [2.05, 4.69) is 15.0 Å². The van der Waals surface area contributed by atoms with Crippen molar-refractivity contribution in [1.29, 1.82) is 0 Å². The molecule has 0 bridgehead atoms. The molecule has 0 unspecified atom stereocenters. The zero-order valence-electron chi connectivity index (χ0n) is 14.5. The van der Waals surface area contributed by atoms with Crippen LogP contribution in [0.4, 0.5) is 0 Å². The van der Waals surface area contributed by atoms with Crippen molar-refractivity contribution in [2.45, 2.75) is 25.9 Å². The van der Waals surface area contributed by atoms with Gasteiger partial charge in [-0.3, -0.25) is 4.98 Å². The van der Waals surface area contributed by atoms with Gasteiger partial charge >= 0.3 is 0 Å². The second kappa shape index (κ2) is 8.09. The summed E-state index contributed by atoms with van der Waals surface area (Å²) in [6, 6.07) is 9.57. The molecule has 3 rings (SSSR count). The molecule has 0 fully saturated rings. The van der Waals surface area contributed by atoms with Crippen molar-refractivity contribution in [3.63, 3.8) is 0 Å². The molecular formula is C19H23N3O3. The molecule has 6 heteroatoms. The summed E-state index contributed by atoms with van der Waals surface area (Å²) in [4.78, 5) is 12.0. The third-order valence-electron chi connectivity index (χ3n) is 4.12. The molecule has 1 aromatic carbocycles. The maximum absolute atomic E-state index is 10.5. The van der Waals surface area contributed by atoms with Crippen molar-refractivity contribution in [3.05, 3.63) is 53.6 Å². The van der Waals surface area contributed by atoms with E-state index in [1.807, 2.05) is 37.3 Å². The number of aromatic amines is 1. The number of aliphatic hydroxyl groups is 1. The predicted octanol–water partition coefficient (Wildman–Crippen LogP) is 2.96. The maximum Gasteiger partial charge on any atom is 0.136 e. The molecule has 0 radical (unpaired) electrons. The zero-order valence-corrected chi connectivity index (χ0v) is 14.5. The van der Waals surface area contributed by atoms with E-state index < -0.39 is 6.10 Å². The van der Waals surface area contributed by atoms with Crippen LogP contribution < -0.4 is 4.74 Å². The average molecular weight is 341 g/mol. The van der Waals surface area contributed by atoms with Gasteiger partial charge in [-0.1, -0.05) is 12.1 Å². The van der Waals surface area contributed by atoms with Crippen LogP contribution in [0.15, 0.2) is 36.5 Å². The monoisotopic (exact) mass is 341 g/mol. The van der Waals surface area contributed by atoms with Crippen molar-refractivity contribution in [2.75, 3.05) is 20.3 Å². The first kappa shape index (κ1) is 17.4. The van der Waals surface area contributed by atoms with E-state index >= 15 is 0 Å². The predicted molar refractivity (Wildman–Crippen MR) is 95.7 cm³/mol. The van der Waals surface area contributed by atoms with Gasteiger partial charge in [-0.05, 0) is 25.1 Å². The fourth-order valence-electron chi connectivity index (χ4n) is 2.72. The molecule has 3 aromatic rings. The molecule has 0 saturated carbocycles. The van der Waals surface area contributed by atoms with Crippen LogP contribution in [-0.4, -0.2) is 40.4 Å². The zero-order chi connectivity index (χ0) is 17.6. The number of hydrogen-bond donors (Lipinski definition) is 2. The minimum Gasteiger partial charge on any atom is -0.493 e. The Balaban J connectivity index is 1.71. The van der Waals surface area contributed by atoms with E-state index in [4.69, 9.17) is 9.47 Å². The molecule has 2 aromatic heterocycles. The third-order valence-corrected chi connectivity index (χ3v) is 4.12. The molecule has 132 valence electrons. The van der Waals surface area contributed by atoms with Crippen LogP contribution in [0.2, 0.25) is 0 Å². The Morgan fingerprint density at radius 2 is 2.04 bits per heavy atom. The van der Waals surface area contributed by atoms with E-state index in [0.29, 0.717) is 25.5 Å². The molecular weight excluding hydrogens is 318 g/mol. The Morgan fingerprint density at radius 1 is 1.20 bits per heavy atom. The Labute approximate surface area is 146 Å². The van der Waals surface area contributed by atoms with Gasteiger partial charge in [0.1, 0.15) is 17.7 Å². The molecule has 6 nitrogen and oxygen atoms in total. The van der Waals surface area contributed by atoms with E-state index in [1.165, 1.54) is 0 Å². The van der Waals surface area contributed by atoms with Crippen LogP contribution in [-0.2, 0) is 11.2 Å². The number of nitrogens with zero attached hydrogens (tertiary/aromatic N) is 2. The summed E-state index contributed by atoms with van der Waals surface area (Å²) >= 11 is 0. The highest BCUT2D eigenvalue weighted by Crippen LogP contribution is 2.24. The highest BCUT2D eigenvalue weighted by atomic mass is 16.5. The van der Waals surface area contributed by atoms with Gasteiger partial charge in [0, 0.05) is 44.0 Å². The van der Waals surface area contributed by atoms with Crippen LogP contribution in [0, 0.1) is 6.92 Å². The number of hydrogen-bond acceptors (Lipinski definition) is 5. The summed E-state index contributed by atoms with van der Waals surface area (Å²) in [5, 5.41) is 10.5. The Morgan fingerprint density at radius 3 is 2.84 bits per heavy atom. The molecule has 0 spiro atoms. The summed E-state index contributed by atoms with van der Waals surface area (Å²) in [5.41, 5.74) is 3.50. The summed E-state index contributed by atoms with van der Waals surface area (Å²) in [7, 11) is 1.68. The molecule has 1 atom stereocenters. The number of imidazole rings is 1. The number of ether oxygens (including phenoxy) is 2. The molecule has 25 heavy (non-hydrogen) atoms. The first-order valence-corrected chi connectivity index (χ1v) is 8.38. The lowest BCUT2D eigenvalue weighted by Crippen LogP contribution is -2.08. The Kier molecular flexibility index (Phi) is 5.63. The number of pyridine rings is 1. The first-order valence-electron chi connectivity index (χ1n) is 8.38. The third kappa shape index (κ3) is 4.15. The van der Waals surface area contributed by atoms with Gasteiger partial charge < -0.3 is 19.6 Å². The van der Waals surface area contributed by atoms with E-state index in [9.17, 15) is 5.11 Å². The van der Waals surface area contributed by atoms with Gasteiger partial charge in [0.25, 0.3) is 0 Å². The molecule has 0 aliphatic carbocycles. The normalized spacial score (nSPS) is 12.4. The Bertz CT molecular complexity index is 799. The second-order valence-corrected chi connectivity index (χ2v) is 5.93. The van der Waals surface area contributed by atoms with Crippen molar-refractivity contribution in [2.24, 2.45) is 0 Å². The molecule has 2 N–H and O–H groups in total. The van der Waals surface area contributed by atoms with Gasteiger partial charge in [-0.2, -0.15) is 0 Å². The van der Waals surface area contributed by atoms with Gasteiger partial charge in [0.05, 0.1) is 17.6 Å². The number of fused-ring (bicyclic) bond motifs is 1. The molecule has 0 amide bonds.